The zero-order valence-corrected chi connectivity index (χ0v) is 13.5. The Bertz CT molecular complexity index is 516. The van der Waals surface area contributed by atoms with Gasteiger partial charge in [-0.1, -0.05) is 61.9 Å². The number of hydrogen-bond donors (Lipinski definition) is 0. The van der Waals surface area contributed by atoms with E-state index in [1.165, 1.54) is 31.2 Å². The van der Waals surface area contributed by atoms with E-state index in [2.05, 4.69) is 46.3 Å². The minimum Gasteiger partial charge on any atom is -0.350 e. The molecule has 4 heteroatoms. The quantitative estimate of drug-likeness (QED) is 0.821. The van der Waals surface area contributed by atoms with Gasteiger partial charge in [0.2, 0.25) is 0 Å². The molecule has 21 heavy (non-hydrogen) atoms. The molecule has 1 aromatic carbocycles. The predicted octanol–water partition coefficient (Wildman–Crippen LogP) is 4.15. The van der Waals surface area contributed by atoms with Gasteiger partial charge in [0.05, 0.1) is 11.0 Å². The van der Waals surface area contributed by atoms with Crippen LogP contribution in [-0.4, -0.2) is 34.1 Å². The Balaban J connectivity index is 1.82. The van der Waals surface area contributed by atoms with Crippen LogP contribution in [0.15, 0.2) is 40.5 Å². The van der Waals surface area contributed by atoms with E-state index >= 15 is 0 Å². The van der Waals surface area contributed by atoms with Gasteiger partial charge in [-0.25, -0.2) is 0 Å². The largest absolute Gasteiger partial charge is 0.350 e. The van der Waals surface area contributed by atoms with Crippen molar-refractivity contribution in [2.75, 3.05) is 13.1 Å². The van der Waals surface area contributed by atoms with Gasteiger partial charge in [0.25, 0.3) is 0 Å². The maximum Gasteiger partial charge on any atom is 0.186 e. The minimum absolute atomic E-state index is 0.420. The highest BCUT2D eigenvalue weighted by Crippen LogP contribution is 2.28. The zero-order chi connectivity index (χ0) is 14.5. The summed E-state index contributed by atoms with van der Waals surface area (Å²) >= 11 is 1.90. The van der Waals surface area contributed by atoms with Crippen molar-refractivity contribution in [3.63, 3.8) is 0 Å². The van der Waals surface area contributed by atoms with E-state index in [0.717, 1.165) is 30.4 Å². The summed E-state index contributed by atoms with van der Waals surface area (Å²) in [7, 11) is 0. The molecule has 1 atom stereocenters. The van der Waals surface area contributed by atoms with Crippen LogP contribution >= 0.6 is 11.8 Å². The molecule has 2 heterocycles. The monoisotopic (exact) mass is 301 g/mol. The fourth-order valence-electron chi connectivity index (χ4n) is 2.90. The number of hydrogen-bond acceptors (Lipinski definition) is 4. The lowest BCUT2D eigenvalue weighted by Crippen LogP contribution is -2.34. The normalized spacial score (nSPS) is 23.3. The van der Waals surface area contributed by atoms with Crippen molar-refractivity contribution in [2.24, 2.45) is 10.2 Å². The van der Waals surface area contributed by atoms with Gasteiger partial charge in [0.15, 0.2) is 5.17 Å². The van der Waals surface area contributed by atoms with Crippen molar-refractivity contribution in [1.82, 2.24) is 4.90 Å². The molecule has 0 spiro atoms. The van der Waals surface area contributed by atoms with Crippen molar-refractivity contribution in [3.05, 3.63) is 35.9 Å². The molecule has 2 aliphatic rings. The lowest BCUT2D eigenvalue weighted by atomic mass is 10.1. The fraction of sp³-hybridized carbons (Fsp3) is 0.529. The first-order valence-corrected chi connectivity index (χ1v) is 8.89. The number of amidine groups is 1. The highest BCUT2D eigenvalue weighted by atomic mass is 32.2. The molecular formula is C17H23N3S. The molecule has 1 fully saturated rings. The molecule has 3 nitrogen and oxygen atoms in total. The van der Waals surface area contributed by atoms with Crippen molar-refractivity contribution in [1.29, 1.82) is 0 Å². The molecule has 1 saturated heterocycles. The summed E-state index contributed by atoms with van der Waals surface area (Å²) in [4.78, 5) is 2.44. The number of nitrogens with zero attached hydrogens (tertiary/aromatic N) is 3. The highest BCUT2D eigenvalue weighted by molar-refractivity contribution is 8.15. The van der Waals surface area contributed by atoms with Gasteiger partial charge >= 0.3 is 0 Å². The third-order valence-corrected chi connectivity index (χ3v) is 5.50. The molecule has 0 N–H and O–H groups in total. The molecule has 112 valence electrons. The van der Waals surface area contributed by atoms with Gasteiger partial charge in [-0.05, 0) is 24.8 Å². The van der Waals surface area contributed by atoms with E-state index in [-0.39, 0.29) is 0 Å². The van der Waals surface area contributed by atoms with Gasteiger partial charge in [-0.15, -0.1) is 5.10 Å². The maximum atomic E-state index is 4.58. The summed E-state index contributed by atoms with van der Waals surface area (Å²) in [5, 5.41) is 10.7. The van der Waals surface area contributed by atoms with Crippen molar-refractivity contribution in [3.8, 4) is 0 Å². The van der Waals surface area contributed by atoms with E-state index in [1.807, 2.05) is 17.8 Å². The summed E-state index contributed by atoms with van der Waals surface area (Å²) < 4.78 is 0. The Hall–Kier alpha value is -1.29. The van der Waals surface area contributed by atoms with Crippen LogP contribution in [0.5, 0.6) is 0 Å². The molecule has 0 bridgehead atoms. The van der Waals surface area contributed by atoms with E-state index in [9.17, 15) is 0 Å². The van der Waals surface area contributed by atoms with Gasteiger partial charge < -0.3 is 4.90 Å². The van der Waals surface area contributed by atoms with Crippen LogP contribution in [0.2, 0.25) is 0 Å². The first-order chi connectivity index (χ1) is 10.4. The molecule has 0 aromatic heterocycles. The molecule has 2 aliphatic heterocycles. The summed E-state index contributed by atoms with van der Waals surface area (Å²) in [6.45, 7) is 4.51. The minimum atomic E-state index is 0.420. The Morgan fingerprint density at radius 1 is 1.05 bits per heavy atom. The maximum absolute atomic E-state index is 4.58. The molecule has 0 aliphatic carbocycles. The van der Waals surface area contributed by atoms with Crippen molar-refractivity contribution in [2.45, 2.75) is 44.3 Å². The van der Waals surface area contributed by atoms with Crippen LogP contribution < -0.4 is 0 Å². The average Bonchev–Trinajstić information content (AvgIpc) is 2.84. The Kier molecular flexibility index (Phi) is 4.96. The van der Waals surface area contributed by atoms with Gasteiger partial charge in [0, 0.05) is 13.1 Å². The van der Waals surface area contributed by atoms with Crippen LogP contribution in [-0.2, 0) is 0 Å². The molecule has 3 rings (SSSR count). The highest BCUT2D eigenvalue weighted by Gasteiger charge is 2.26. The number of rotatable bonds is 2. The second-order valence-corrected chi connectivity index (χ2v) is 6.82. The predicted molar refractivity (Wildman–Crippen MR) is 92.1 cm³/mol. The lowest BCUT2D eigenvalue weighted by molar-refractivity contribution is 0.441. The number of benzene rings is 1. The first-order valence-electron chi connectivity index (χ1n) is 8.01. The number of likely N-dealkylation sites (tertiary alicyclic amines) is 1. The molecule has 0 radical (unpaired) electrons. The van der Waals surface area contributed by atoms with E-state index < -0.39 is 0 Å². The summed E-state index contributed by atoms with van der Waals surface area (Å²) in [6.07, 6.45) is 6.36. The summed E-state index contributed by atoms with van der Waals surface area (Å²) in [6, 6.07) is 10.5. The first kappa shape index (κ1) is 14.6. The second-order valence-electron chi connectivity index (χ2n) is 5.65. The lowest BCUT2D eigenvalue weighted by Gasteiger charge is -2.28. The molecule has 0 unspecified atom stereocenters. The van der Waals surface area contributed by atoms with E-state index in [4.69, 9.17) is 0 Å². The average molecular weight is 301 g/mol. The fourth-order valence-corrected chi connectivity index (χ4v) is 4.03. The number of thioether (sulfide) groups is 1. The SMILES string of the molecule is CC[C@@H]1SC(N2CCCCCC2)=NN=C1c1ccccc1. The third kappa shape index (κ3) is 3.49. The third-order valence-electron chi connectivity index (χ3n) is 4.11. The summed E-state index contributed by atoms with van der Waals surface area (Å²) in [5.41, 5.74) is 2.33. The van der Waals surface area contributed by atoms with Crippen LogP contribution in [0.3, 0.4) is 0 Å². The Morgan fingerprint density at radius 2 is 1.76 bits per heavy atom. The van der Waals surface area contributed by atoms with Gasteiger partial charge in [-0.2, -0.15) is 5.10 Å². The summed E-state index contributed by atoms with van der Waals surface area (Å²) in [5.74, 6) is 0. The van der Waals surface area contributed by atoms with Crippen LogP contribution in [0.4, 0.5) is 0 Å². The standard InChI is InChI=1S/C17H23N3S/c1-2-15-16(14-10-6-5-7-11-14)18-19-17(21-15)20-12-8-3-4-9-13-20/h5-7,10-11,15H,2-4,8-9,12-13H2,1H3/t15-/m0/s1. The van der Waals surface area contributed by atoms with Gasteiger partial charge in [0.1, 0.15) is 0 Å². The van der Waals surface area contributed by atoms with Crippen LogP contribution in [0.1, 0.15) is 44.6 Å². The molecular weight excluding hydrogens is 278 g/mol. The van der Waals surface area contributed by atoms with Crippen molar-refractivity contribution >= 4 is 22.6 Å². The Morgan fingerprint density at radius 3 is 2.43 bits per heavy atom. The van der Waals surface area contributed by atoms with Gasteiger partial charge in [-0.3, -0.25) is 0 Å². The van der Waals surface area contributed by atoms with Crippen LogP contribution in [0.25, 0.3) is 0 Å². The van der Waals surface area contributed by atoms with E-state index in [0.29, 0.717) is 5.25 Å². The smallest absolute Gasteiger partial charge is 0.186 e. The molecule has 0 amide bonds. The molecule has 0 saturated carbocycles. The van der Waals surface area contributed by atoms with Crippen LogP contribution in [0, 0.1) is 0 Å². The zero-order valence-electron chi connectivity index (χ0n) is 12.7. The second kappa shape index (κ2) is 7.12. The van der Waals surface area contributed by atoms with Crippen molar-refractivity contribution < 1.29 is 0 Å². The Labute approximate surface area is 131 Å². The molecule has 1 aromatic rings. The van der Waals surface area contributed by atoms with E-state index in [1.54, 1.807) is 0 Å². The topological polar surface area (TPSA) is 28.0 Å².